The number of aromatic nitrogens is 1. The van der Waals surface area contributed by atoms with Crippen molar-refractivity contribution in [3.8, 4) is 11.5 Å². The quantitative estimate of drug-likeness (QED) is 0.273. The molecule has 0 saturated carbocycles. The lowest BCUT2D eigenvalue weighted by molar-refractivity contribution is -0.384. The van der Waals surface area contributed by atoms with Crippen LogP contribution in [0.5, 0.6) is 11.5 Å². The summed E-state index contributed by atoms with van der Waals surface area (Å²) in [6, 6.07) is 10.2. The third-order valence-corrected chi connectivity index (χ3v) is 6.63. The Morgan fingerprint density at radius 1 is 1.19 bits per heavy atom. The first-order chi connectivity index (χ1) is 17.3. The van der Waals surface area contributed by atoms with Gasteiger partial charge in [0.05, 0.1) is 41.6 Å². The minimum Gasteiger partial charge on any atom is -0.493 e. The van der Waals surface area contributed by atoms with E-state index in [2.05, 4.69) is 4.99 Å². The summed E-state index contributed by atoms with van der Waals surface area (Å²) in [7, 11) is 2.99. The number of carbonyl (C=O) groups is 1. The number of ether oxygens (including phenoxy) is 3. The van der Waals surface area contributed by atoms with Gasteiger partial charge in [-0.3, -0.25) is 19.5 Å². The molecule has 2 heterocycles. The van der Waals surface area contributed by atoms with Gasteiger partial charge < -0.3 is 14.2 Å². The van der Waals surface area contributed by atoms with Crippen LogP contribution in [0, 0.1) is 10.1 Å². The molecule has 1 unspecified atom stereocenters. The maximum atomic E-state index is 13.7. The summed E-state index contributed by atoms with van der Waals surface area (Å²) in [5.74, 6) is 0.241. The van der Waals surface area contributed by atoms with Crippen molar-refractivity contribution in [2.24, 2.45) is 4.99 Å². The SMILES string of the molecule is CCOC(=O)C1=C(C)N=c2sc(=Cc3ccc([N+](=O)[O-])cc3)c(=O)n2C1c1cccc(OC)c1OC. The van der Waals surface area contributed by atoms with Crippen molar-refractivity contribution in [3.05, 3.63) is 94.7 Å². The Hall–Kier alpha value is -4.25. The summed E-state index contributed by atoms with van der Waals surface area (Å²) in [6.07, 6.45) is 1.64. The summed E-state index contributed by atoms with van der Waals surface area (Å²) < 4.78 is 18.2. The van der Waals surface area contributed by atoms with Gasteiger partial charge in [-0.1, -0.05) is 23.5 Å². The molecule has 11 heteroatoms. The van der Waals surface area contributed by atoms with E-state index in [9.17, 15) is 19.7 Å². The molecule has 1 atom stereocenters. The molecular weight excluding hydrogens is 486 g/mol. The number of carbonyl (C=O) groups excluding carboxylic acids is 1. The van der Waals surface area contributed by atoms with Crippen molar-refractivity contribution in [1.82, 2.24) is 4.57 Å². The highest BCUT2D eigenvalue weighted by Gasteiger charge is 2.35. The predicted octanol–water partition coefficient (Wildman–Crippen LogP) is 2.72. The molecule has 0 radical (unpaired) electrons. The van der Waals surface area contributed by atoms with Gasteiger partial charge in [0.25, 0.3) is 11.2 Å². The fourth-order valence-electron chi connectivity index (χ4n) is 4.06. The van der Waals surface area contributed by atoms with Crippen LogP contribution in [-0.4, -0.2) is 36.3 Å². The number of benzene rings is 2. The number of rotatable bonds is 7. The number of fused-ring (bicyclic) bond motifs is 1. The number of hydrogen-bond donors (Lipinski definition) is 0. The van der Waals surface area contributed by atoms with Crippen LogP contribution in [0.4, 0.5) is 5.69 Å². The van der Waals surface area contributed by atoms with Crippen molar-refractivity contribution in [2.75, 3.05) is 20.8 Å². The molecule has 0 saturated heterocycles. The molecular formula is C25H23N3O7S. The second kappa shape index (κ2) is 10.2. The Bertz CT molecular complexity index is 1550. The number of methoxy groups -OCH3 is 2. The van der Waals surface area contributed by atoms with E-state index in [-0.39, 0.29) is 23.4 Å². The molecule has 0 amide bonds. The minimum absolute atomic E-state index is 0.0477. The second-order valence-electron chi connectivity index (χ2n) is 7.73. The molecule has 3 aromatic rings. The van der Waals surface area contributed by atoms with E-state index in [0.717, 1.165) is 11.3 Å². The number of allylic oxidation sites excluding steroid dienone is 1. The fraction of sp³-hybridized carbons (Fsp3) is 0.240. The van der Waals surface area contributed by atoms with Gasteiger partial charge in [0.15, 0.2) is 16.3 Å². The number of nitro benzene ring substituents is 1. The van der Waals surface area contributed by atoms with E-state index in [0.29, 0.717) is 37.7 Å². The lowest BCUT2D eigenvalue weighted by atomic mass is 9.94. The summed E-state index contributed by atoms with van der Waals surface area (Å²) in [5.41, 5.74) is 1.37. The Balaban J connectivity index is 1.97. The maximum Gasteiger partial charge on any atom is 0.338 e. The third-order valence-electron chi connectivity index (χ3n) is 5.65. The largest absolute Gasteiger partial charge is 0.493 e. The second-order valence-corrected chi connectivity index (χ2v) is 8.74. The fourth-order valence-corrected chi connectivity index (χ4v) is 5.10. The third kappa shape index (κ3) is 4.40. The lowest BCUT2D eigenvalue weighted by Crippen LogP contribution is -2.40. The standard InChI is InChI=1S/C25H23N3O7S/c1-5-35-24(30)20-14(2)26-25-27(21(20)17-7-6-8-18(33-3)22(17)34-4)23(29)19(36-25)13-15-9-11-16(12-10-15)28(31)32/h6-13,21H,5H2,1-4H3. The zero-order valence-electron chi connectivity index (χ0n) is 20.0. The van der Waals surface area contributed by atoms with Gasteiger partial charge in [0, 0.05) is 17.7 Å². The summed E-state index contributed by atoms with van der Waals surface area (Å²) >= 11 is 1.16. The van der Waals surface area contributed by atoms with E-state index in [1.54, 1.807) is 50.3 Å². The topological polar surface area (TPSA) is 122 Å². The van der Waals surface area contributed by atoms with E-state index in [4.69, 9.17) is 14.2 Å². The molecule has 1 aliphatic rings. The number of nitrogens with zero attached hydrogens (tertiary/aromatic N) is 3. The Kier molecular flexibility index (Phi) is 7.02. The van der Waals surface area contributed by atoms with E-state index in [1.165, 1.54) is 30.9 Å². The van der Waals surface area contributed by atoms with Gasteiger partial charge in [-0.05, 0) is 43.7 Å². The molecule has 1 aliphatic heterocycles. The highest BCUT2D eigenvalue weighted by Crippen LogP contribution is 2.40. The first kappa shape index (κ1) is 24.9. The lowest BCUT2D eigenvalue weighted by Gasteiger charge is -2.26. The number of non-ortho nitro benzene ring substituents is 1. The average molecular weight is 510 g/mol. The molecule has 0 aliphatic carbocycles. The Morgan fingerprint density at radius 3 is 2.53 bits per heavy atom. The van der Waals surface area contributed by atoms with Crippen LogP contribution in [-0.2, 0) is 9.53 Å². The van der Waals surface area contributed by atoms with Crippen molar-refractivity contribution >= 4 is 29.1 Å². The summed E-state index contributed by atoms with van der Waals surface area (Å²) in [5, 5.41) is 11.0. The summed E-state index contributed by atoms with van der Waals surface area (Å²) in [4.78, 5) is 42.2. The molecule has 4 rings (SSSR count). The van der Waals surface area contributed by atoms with Crippen molar-refractivity contribution in [3.63, 3.8) is 0 Å². The number of para-hydroxylation sites is 1. The molecule has 0 bridgehead atoms. The predicted molar refractivity (Wildman–Crippen MR) is 133 cm³/mol. The van der Waals surface area contributed by atoms with Crippen LogP contribution in [0.15, 0.2) is 63.5 Å². The number of esters is 1. The Labute approximate surface area is 209 Å². The molecule has 10 nitrogen and oxygen atoms in total. The zero-order valence-corrected chi connectivity index (χ0v) is 20.8. The van der Waals surface area contributed by atoms with Gasteiger partial charge >= 0.3 is 5.97 Å². The van der Waals surface area contributed by atoms with Crippen LogP contribution < -0.4 is 24.4 Å². The molecule has 1 aromatic heterocycles. The van der Waals surface area contributed by atoms with Crippen LogP contribution >= 0.6 is 11.3 Å². The molecule has 0 N–H and O–H groups in total. The molecule has 2 aromatic carbocycles. The normalized spacial score (nSPS) is 15.2. The average Bonchev–Trinajstić information content (AvgIpc) is 3.17. The van der Waals surface area contributed by atoms with E-state index >= 15 is 0 Å². The van der Waals surface area contributed by atoms with Crippen LogP contribution in [0.2, 0.25) is 0 Å². The van der Waals surface area contributed by atoms with Crippen LogP contribution in [0.1, 0.15) is 31.0 Å². The number of thiazole rings is 1. The van der Waals surface area contributed by atoms with Gasteiger partial charge in [0.2, 0.25) is 0 Å². The molecule has 186 valence electrons. The highest BCUT2D eigenvalue weighted by molar-refractivity contribution is 7.07. The smallest absolute Gasteiger partial charge is 0.338 e. The monoisotopic (exact) mass is 509 g/mol. The number of nitro groups is 1. The highest BCUT2D eigenvalue weighted by atomic mass is 32.1. The van der Waals surface area contributed by atoms with E-state index in [1.807, 2.05) is 0 Å². The van der Waals surface area contributed by atoms with Crippen molar-refractivity contribution in [2.45, 2.75) is 19.9 Å². The number of hydrogen-bond acceptors (Lipinski definition) is 9. The van der Waals surface area contributed by atoms with Crippen LogP contribution in [0.3, 0.4) is 0 Å². The van der Waals surface area contributed by atoms with Gasteiger partial charge in [-0.15, -0.1) is 0 Å². The van der Waals surface area contributed by atoms with Gasteiger partial charge in [-0.25, -0.2) is 9.79 Å². The van der Waals surface area contributed by atoms with Crippen molar-refractivity contribution in [1.29, 1.82) is 0 Å². The first-order valence-electron chi connectivity index (χ1n) is 11.0. The minimum atomic E-state index is -0.871. The first-order valence-corrected chi connectivity index (χ1v) is 11.8. The van der Waals surface area contributed by atoms with E-state index < -0.39 is 16.9 Å². The summed E-state index contributed by atoms with van der Waals surface area (Å²) in [6.45, 7) is 3.55. The Morgan fingerprint density at radius 2 is 1.92 bits per heavy atom. The maximum absolute atomic E-state index is 13.7. The molecule has 0 fully saturated rings. The van der Waals surface area contributed by atoms with Gasteiger partial charge in [0.1, 0.15) is 6.04 Å². The zero-order chi connectivity index (χ0) is 26.0. The molecule has 0 spiro atoms. The van der Waals surface area contributed by atoms with Crippen molar-refractivity contribution < 1.29 is 23.9 Å². The van der Waals surface area contributed by atoms with Gasteiger partial charge in [-0.2, -0.15) is 0 Å². The van der Waals surface area contributed by atoms with Crippen LogP contribution in [0.25, 0.3) is 6.08 Å². The molecule has 36 heavy (non-hydrogen) atoms.